The number of fused-ring (bicyclic) bond motifs is 1. The fraction of sp³-hybridized carbons (Fsp3) is 0.652. The van der Waals surface area contributed by atoms with E-state index in [-0.39, 0.29) is 17.9 Å². The predicted octanol–water partition coefficient (Wildman–Crippen LogP) is 3.52. The minimum atomic E-state index is -0.255. The van der Waals surface area contributed by atoms with E-state index in [0.717, 1.165) is 23.9 Å². The molecule has 3 heterocycles. The average molecular weight is 367 g/mol. The van der Waals surface area contributed by atoms with Crippen molar-refractivity contribution < 1.29 is 9.59 Å². The maximum absolute atomic E-state index is 13.5. The molecule has 3 aliphatic heterocycles. The van der Waals surface area contributed by atoms with Crippen molar-refractivity contribution in [2.45, 2.75) is 70.5 Å². The Kier molecular flexibility index (Phi) is 4.25. The molecule has 1 aromatic carbocycles. The zero-order valence-corrected chi connectivity index (χ0v) is 16.3. The number of hydrogen-bond donors (Lipinski definition) is 0. The van der Waals surface area contributed by atoms with Gasteiger partial charge in [0.1, 0.15) is 6.04 Å². The van der Waals surface area contributed by atoms with Gasteiger partial charge in [0.05, 0.1) is 0 Å². The molecule has 3 unspecified atom stereocenters. The molecule has 1 aromatic rings. The van der Waals surface area contributed by atoms with Gasteiger partial charge in [-0.3, -0.25) is 9.59 Å². The van der Waals surface area contributed by atoms with Gasteiger partial charge in [0, 0.05) is 25.6 Å². The lowest BCUT2D eigenvalue weighted by Gasteiger charge is -2.40. The van der Waals surface area contributed by atoms with Crippen LogP contribution < -0.4 is 0 Å². The van der Waals surface area contributed by atoms with E-state index in [1.807, 2.05) is 4.90 Å². The summed E-state index contributed by atoms with van der Waals surface area (Å²) in [5.41, 5.74) is 2.33. The lowest BCUT2D eigenvalue weighted by Crippen LogP contribution is -2.51. The second-order valence-electron chi connectivity index (χ2n) is 9.48. The Hall–Kier alpha value is -1.84. The summed E-state index contributed by atoms with van der Waals surface area (Å²) in [6, 6.07) is 8.48. The third-order valence-corrected chi connectivity index (χ3v) is 7.48. The Balaban J connectivity index is 1.35. The predicted molar refractivity (Wildman–Crippen MR) is 104 cm³/mol. The minimum Gasteiger partial charge on any atom is -0.338 e. The Morgan fingerprint density at radius 3 is 2.37 bits per heavy atom. The highest BCUT2D eigenvalue weighted by Crippen LogP contribution is 2.47. The van der Waals surface area contributed by atoms with Crippen LogP contribution in [-0.2, 0) is 16.1 Å². The summed E-state index contributed by atoms with van der Waals surface area (Å²) >= 11 is 0. The molecule has 6 rings (SSSR count). The number of rotatable bonds is 3. The van der Waals surface area contributed by atoms with Crippen LogP contribution in [0.2, 0.25) is 0 Å². The van der Waals surface area contributed by atoms with Crippen LogP contribution in [0.5, 0.6) is 0 Å². The van der Waals surface area contributed by atoms with Gasteiger partial charge in [-0.25, -0.2) is 0 Å². The number of carbonyl (C=O) groups excluding carboxylic acids is 2. The number of benzene rings is 1. The Labute approximate surface area is 161 Å². The Bertz CT molecular complexity index is 729. The van der Waals surface area contributed by atoms with Crippen molar-refractivity contribution in [3.63, 3.8) is 0 Å². The maximum Gasteiger partial charge on any atom is 0.245 e. The highest BCUT2D eigenvalue weighted by atomic mass is 16.2. The molecule has 5 aliphatic rings. The molecule has 2 aliphatic carbocycles. The number of nitrogens with zero attached hydrogens (tertiary/aromatic N) is 2. The second kappa shape index (κ2) is 6.65. The fourth-order valence-corrected chi connectivity index (χ4v) is 6.32. The monoisotopic (exact) mass is 366 g/mol. The van der Waals surface area contributed by atoms with Crippen molar-refractivity contribution in [1.29, 1.82) is 0 Å². The molecule has 27 heavy (non-hydrogen) atoms. The summed E-state index contributed by atoms with van der Waals surface area (Å²) < 4.78 is 0. The number of hydrogen-bond acceptors (Lipinski definition) is 2. The summed E-state index contributed by atoms with van der Waals surface area (Å²) in [5.74, 6) is 2.71. The topological polar surface area (TPSA) is 40.6 Å². The summed E-state index contributed by atoms with van der Waals surface area (Å²) in [6.07, 6.45) is 7.59. The van der Waals surface area contributed by atoms with Gasteiger partial charge in [-0.15, -0.1) is 0 Å². The third kappa shape index (κ3) is 3.17. The van der Waals surface area contributed by atoms with Gasteiger partial charge in [-0.2, -0.15) is 0 Å². The molecule has 4 nitrogen and oxygen atoms in total. The quantitative estimate of drug-likeness (QED) is 0.821. The van der Waals surface area contributed by atoms with Gasteiger partial charge in [0.2, 0.25) is 11.8 Å². The molecule has 0 spiro atoms. The van der Waals surface area contributed by atoms with Gasteiger partial charge < -0.3 is 9.80 Å². The molecule has 3 atom stereocenters. The molecule has 0 radical (unpaired) electrons. The van der Waals surface area contributed by atoms with Gasteiger partial charge in [0.15, 0.2) is 0 Å². The minimum absolute atomic E-state index is 0.134. The summed E-state index contributed by atoms with van der Waals surface area (Å²) in [5, 5.41) is 0. The zero-order valence-electron chi connectivity index (χ0n) is 16.3. The van der Waals surface area contributed by atoms with E-state index in [4.69, 9.17) is 0 Å². The van der Waals surface area contributed by atoms with Crippen LogP contribution in [-0.4, -0.2) is 40.2 Å². The van der Waals surface area contributed by atoms with Crippen LogP contribution in [0.25, 0.3) is 0 Å². The van der Waals surface area contributed by atoms with Gasteiger partial charge in [0.25, 0.3) is 0 Å². The van der Waals surface area contributed by atoms with E-state index in [0.29, 0.717) is 31.3 Å². The van der Waals surface area contributed by atoms with E-state index >= 15 is 0 Å². The molecule has 2 amide bonds. The molecule has 0 aromatic heterocycles. The highest BCUT2D eigenvalue weighted by molar-refractivity contribution is 5.91. The molecule has 5 fully saturated rings. The molecular weight excluding hydrogens is 336 g/mol. The maximum atomic E-state index is 13.5. The molecule has 4 bridgehead atoms. The first-order chi connectivity index (χ1) is 13.1. The van der Waals surface area contributed by atoms with Crippen LogP contribution in [0.15, 0.2) is 24.3 Å². The molecular formula is C23H30N2O2. The lowest BCUT2D eigenvalue weighted by atomic mass is 9.68. The largest absolute Gasteiger partial charge is 0.338 e. The van der Waals surface area contributed by atoms with Gasteiger partial charge in [-0.1, -0.05) is 29.8 Å². The highest BCUT2D eigenvalue weighted by Gasteiger charge is 2.47. The van der Waals surface area contributed by atoms with E-state index in [1.54, 1.807) is 0 Å². The molecule has 2 saturated carbocycles. The second-order valence-corrected chi connectivity index (χ2v) is 9.48. The Morgan fingerprint density at radius 2 is 1.67 bits per heavy atom. The number of amides is 2. The van der Waals surface area contributed by atoms with E-state index in [2.05, 4.69) is 36.1 Å². The number of carbonyl (C=O) groups is 2. The van der Waals surface area contributed by atoms with Gasteiger partial charge in [-0.05, 0) is 68.8 Å². The summed E-state index contributed by atoms with van der Waals surface area (Å²) in [4.78, 5) is 30.2. The van der Waals surface area contributed by atoms with E-state index in [9.17, 15) is 9.59 Å². The van der Waals surface area contributed by atoms with Crippen LogP contribution >= 0.6 is 0 Å². The van der Waals surface area contributed by atoms with Crippen LogP contribution in [0.4, 0.5) is 0 Å². The fourth-order valence-electron chi connectivity index (χ4n) is 6.32. The number of likely N-dealkylation sites (tertiary alicyclic amines) is 1. The van der Waals surface area contributed by atoms with Crippen molar-refractivity contribution in [3.8, 4) is 0 Å². The first kappa shape index (κ1) is 17.3. The third-order valence-electron chi connectivity index (χ3n) is 7.48. The molecule has 4 heteroatoms. The lowest BCUT2D eigenvalue weighted by molar-refractivity contribution is -0.144. The van der Waals surface area contributed by atoms with E-state index < -0.39 is 0 Å². The molecule has 144 valence electrons. The first-order valence-electron chi connectivity index (χ1n) is 10.7. The van der Waals surface area contributed by atoms with Crippen molar-refractivity contribution in [3.05, 3.63) is 35.4 Å². The standard InChI is InChI=1S/C23H30N2O2/c1-15-2-4-16(5-3-15)13-25-21(6-7-22(25)26)23(27)24-14-19-9-17-8-18(10-19)12-20(24)11-17/h2-5,17-21H,6-14H2,1H3. The SMILES string of the molecule is Cc1ccc(CN2C(=O)CCC2C(=O)N2CC3CC4CC(C3)CC2C4)cc1. The van der Waals surface area contributed by atoms with Crippen molar-refractivity contribution in [2.24, 2.45) is 17.8 Å². The first-order valence-corrected chi connectivity index (χ1v) is 10.7. The van der Waals surface area contributed by atoms with Gasteiger partial charge >= 0.3 is 0 Å². The number of aryl methyl sites for hydroxylation is 1. The van der Waals surface area contributed by atoms with Crippen LogP contribution in [0.3, 0.4) is 0 Å². The molecule has 3 saturated heterocycles. The van der Waals surface area contributed by atoms with Crippen LogP contribution in [0.1, 0.15) is 56.1 Å². The van der Waals surface area contributed by atoms with Crippen molar-refractivity contribution in [1.82, 2.24) is 9.80 Å². The zero-order chi connectivity index (χ0) is 18.5. The summed E-state index contributed by atoms with van der Waals surface area (Å²) in [6.45, 7) is 3.56. The normalized spacial score (nSPS) is 35.0. The summed E-state index contributed by atoms with van der Waals surface area (Å²) in [7, 11) is 0. The van der Waals surface area contributed by atoms with Crippen molar-refractivity contribution in [2.75, 3.05) is 6.54 Å². The smallest absolute Gasteiger partial charge is 0.245 e. The van der Waals surface area contributed by atoms with Crippen LogP contribution in [0, 0.1) is 24.7 Å². The average Bonchev–Trinajstić information content (AvgIpc) is 2.88. The molecule has 0 N–H and O–H groups in total. The Morgan fingerprint density at radius 1 is 1.00 bits per heavy atom. The van der Waals surface area contributed by atoms with E-state index in [1.165, 1.54) is 37.7 Å². The van der Waals surface area contributed by atoms with Crippen molar-refractivity contribution >= 4 is 11.8 Å².